The summed E-state index contributed by atoms with van der Waals surface area (Å²) in [4.78, 5) is 0. The molecule has 4 atom stereocenters. The largest absolute Gasteiger partial charge is 0.314 e. The molecule has 3 aliphatic rings. The summed E-state index contributed by atoms with van der Waals surface area (Å²) < 4.78 is 0. The highest BCUT2D eigenvalue weighted by Crippen LogP contribution is 2.50. The monoisotopic (exact) mass is 249 g/mol. The molecule has 0 saturated heterocycles. The van der Waals surface area contributed by atoms with Crippen molar-refractivity contribution in [3.8, 4) is 0 Å². The van der Waals surface area contributed by atoms with Crippen LogP contribution in [0.4, 0.5) is 0 Å². The first-order valence-electron chi connectivity index (χ1n) is 8.58. The minimum absolute atomic E-state index is 0.842. The molecule has 0 spiro atoms. The second kappa shape index (κ2) is 5.94. The fraction of sp³-hybridized carbons (Fsp3) is 1.00. The number of hydrogen-bond donors (Lipinski definition) is 1. The number of hydrogen-bond acceptors (Lipinski definition) is 1. The van der Waals surface area contributed by atoms with Crippen LogP contribution in [0.2, 0.25) is 0 Å². The predicted molar refractivity (Wildman–Crippen MR) is 77.6 cm³/mol. The van der Waals surface area contributed by atoms with Crippen molar-refractivity contribution < 1.29 is 0 Å². The van der Waals surface area contributed by atoms with Crippen LogP contribution in [0.1, 0.15) is 71.1 Å². The standard InChI is InChI=1S/C17H31N/c1-2-9-18-17(8-6-13-3-4-13)12-16-11-14-5-7-15(16)10-14/h13-18H,2-12H2,1H3. The van der Waals surface area contributed by atoms with Gasteiger partial charge in [-0.3, -0.25) is 0 Å². The van der Waals surface area contributed by atoms with Crippen LogP contribution >= 0.6 is 0 Å². The summed E-state index contributed by atoms with van der Waals surface area (Å²) in [6.45, 7) is 3.53. The molecule has 0 aromatic rings. The topological polar surface area (TPSA) is 12.0 Å². The molecule has 3 saturated carbocycles. The Bertz CT molecular complexity index is 258. The maximum Gasteiger partial charge on any atom is 0.00699 e. The first-order valence-corrected chi connectivity index (χ1v) is 8.58. The molecular weight excluding hydrogens is 218 g/mol. The summed E-state index contributed by atoms with van der Waals surface area (Å²) in [5.74, 6) is 4.42. The molecule has 1 N–H and O–H groups in total. The van der Waals surface area contributed by atoms with Gasteiger partial charge in [-0.05, 0) is 75.2 Å². The highest BCUT2D eigenvalue weighted by Gasteiger charge is 2.40. The Morgan fingerprint density at radius 1 is 1.11 bits per heavy atom. The van der Waals surface area contributed by atoms with Gasteiger partial charge in [-0.1, -0.05) is 26.2 Å². The lowest BCUT2D eigenvalue weighted by Crippen LogP contribution is -2.33. The van der Waals surface area contributed by atoms with Crippen LogP contribution < -0.4 is 5.32 Å². The molecule has 0 aromatic carbocycles. The van der Waals surface area contributed by atoms with Gasteiger partial charge in [0.25, 0.3) is 0 Å². The van der Waals surface area contributed by atoms with E-state index < -0.39 is 0 Å². The third-order valence-electron chi connectivity index (χ3n) is 5.78. The van der Waals surface area contributed by atoms with Crippen LogP contribution in [0.3, 0.4) is 0 Å². The lowest BCUT2D eigenvalue weighted by Gasteiger charge is -2.27. The molecule has 3 rings (SSSR count). The summed E-state index contributed by atoms with van der Waals surface area (Å²) in [7, 11) is 0. The molecule has 18 heavy (non-hydrogen) atoms. The van der Waals surface area contributed by atoms with Gasteiger partial charge < -0.3 is 5.32 Å². The number of nitrogens with one attached hydrogen (secondary N) is 1. The van der Waals surface area contributed by atoms with Crippen LogP contribution in [-0.4, -0.2) is 12.6 Å². The molecule has 0 radical (unpaired) electrons. The van der Waals surface area contributed by atoms with Crippen molar-refractivity contribution in [3.05, 3.63) is 0 Å². The summed E-state index contributed by atoms with van der Waals surface area (Å²) in [6.07, 6.45) is 15.0. The Morgan fingerprint density at radius 3 is 2.61 bits per heavy atom. The molecule has 4 unspecified atom stereocenters. The van der Waals surface area contributed by atoms with Gasteiger partial charge >= 0.3 is 0 Å². The summed E-state index contributed by atoms with van der Waals surface area (Å²) in [5.41, 5.74) is 0. The first-order chi connectivity index (χ1) is 8.85. The van der Waals surface area contributed by atoms with E-state index in [4.69, 9.17) is 0 Å². The Kier molecular flexibility index (Phi) is 4.28. The lowest BCUT2D eigenvalue weighted by molar-refractivity contribution is 0.268. The zero-order chi connectivity index (χ0) is 12.4. The van der Waals surface area contributed by atoms with Crippen LogP contribution in [0.15, 0.2) is 0 Å². The van der Waals surface area contributed by atoms with Crippen molar-refractivity contribution in [2.45, 2.75) is 77.2 Å². The maximum atomic E-state index is 3.84. The quantitative estimate of drug-likeness (QED) is 0.673. The molecule has 1 nitrogen and oxygen atoms in total. The SMILES string of the molecule is CCCNC(CCC1CC1)CC1CC2CCC1C2. The summed E-state index contributed by atoms with van der Waals surface area (Å²) in [6, 6.07) is 0.842. The van der Waals surface area contributed by atoms with Gasteiger partial charge in [0.15, 0.2) is 0 Å². The van der Waals surface area contributed by atoms with E-state index in [1.165, 1.54) is 45.1 Å². The van der Waals surface area contributed by atoms with Gasteiger partial charge in [-0.25, -0.2) is 0 Å². The second-order valence-corrected chi connectivity index (χ2v) is 7.34. The second-order valence-electron chi connectivity index (χ2n) is 7.34. The van der Waals surface area contributed by atoms with Gasteiger partial charge in [-0.2, -0.15) is 0 Å². The van der Waals surface area contributed by atoms with E-state index in [0.717, 1.165) is 29.7 Å². The fourth-order valence-electron chi connectivity index (χ4n) is 4.53. The van der Waals surface area contributed by atoms with Gasteiger partial charge in [0.2, 0.25) is 0 Å². The van der Waals surface area contributed by atoms with Crippen molar-refractivity contribution in [1.29, 1.82) is 0 Å². The predicted octanol–water partition coefficient (Wildman–Crippen LogP) is 4.37. The van der Waals surface area contributed by atoms with E-state index in [-0.39, 0.29) is 0 Å². The zero-order valence-electron chi connectivity index (χ0n) is 12.2. The van der Waals surface area contributed by atoms with Crippen molar-refractivity contribution in [1.82, 2.24) is 5.32 Å². The average molecular weight is 249 g/mol. The number of rotatable bonds is 8. The van der Waals surface area contributed by atoms with Gasteiger partial charge in [0.05, 0.1) is 0 Å². The van der Waals surface area contributed by atoms with Gasteiger partial charge in [-0.15, -0.1) is 0 Å². The van der Waals surface area contributed by atoms with Crippen LogP contribution in [0, 0.1) is 23.7 Å². The fourth-order valence-corrected chi connectivity index (χ4v) is 4.53. The molecular formula is C17H31N. The molecule has 0 amide bonds. The third kappa shape index (κ3) is 3.29. The molecule has 0 aliphatic heterocycles. The molecule has 3 aliphatic carbocycles. The van der Waals surface area contributed by atoms with Crippen molar-refractivity contribution in [2.75, 3.05) is 6.54 Å². The highest BCUT2D eigenvalue weighted by atomic mass is 14.9. The Hall–Kier alpha value is -0.0400. The van der Waals surface area contributed by atoms with Crippen molar-refractivity contribution in [3.63, 3.8) is 0 Å². The Morgan fingerprint density at radius 2 is 2.00 bits per heavy atom. The molecule has 0 aromatic heterocycles. The molecule has 0 heterocycles. The smallest absolute Gasteiger partial charge is 0.00699 e. The Labute approximate surface area is 113 Å². The van der Waals surface area contributed by atoms with Crippen molar-refractivity contribution in [2.24, 2.45) is 23.7 Å². The molecule has 3 fully saturated rings. The third-order valence-corrected chi connectivity index (χ3v) is 5.78. The van der Waals surface area contributed by atoms with Crippen molar-refractivity contribution >= 4 is 0 Å². The van der Waals surface area contributed by atoms with E-state index in [1.807, 2.05) is 0 Å². The highest BCUT2D eigenvalue weighted by molar-refractivity contribution is 4.92. The Balaban J connectivity index is 1.44. The zero-order valence-corrected chi connectivity index (χ0v) is 12.2. The first kappa shape index (κ1) is 13.0. The van der Waals surface area contributed by atoms with Gasteiger partial charge in [0.1, 0.15) is 0 Å². The molecule has 104 valence electrons. The maximum absolute atomic E-state index is 3.84. The summed E-state index contributed by atoms with van der Waals surface area (Å²) in [5, 5.41) is 3.84. The lowest BCUT2D eigenvalue weighted by atomic mass is 9.83. The minimum Gasteiger partial charge on any atom is -0.314 e. The van der Waals surface area contributed by atoms with E-state index in [2.05, 4.69) is 12.2 Å². The normalized spacial score (nSPS) is 36.2. The summed E-state index contributed by atoms with van der Waals surface area (Å²) >= 11 is 0. The minimum atomic E-state index is 0.842. The molecule has 2 bridgehead atoms. The molecule has 1 heteroatoms. The van der Waals surface area contributed by atoms with E-state index in [1.54, 1.807) is 25.7 Å². The van der Waals surface area contributed by atoms with Crippen LogP contribution in [0.25, 0.3) is 0 Å². The van der Waals surface area contributed by atoms with Gasteiger partial charge in [0, 0.05) is 6.04 Å². The average Bonchev–Trinajstić information content (AvgIpc) is 2.99. The van der Waals surface area contributed by atoms with E-state index in [9.17, 15) is 0 Å². The van der Waals surface area contributed by atoms with Crippen LogP contribution in [0.5, 0.6) is 0 Å². The number of fused-ring (bicyclic) bond motifs is 2. The van der Waals surface area contributed by atoms with Crippen LogP contribution in [-0.2, 0) is 0 Å². The van der Waals surface area contributed by atoms with E-state index >= 15 is 0 Å². The van der Waals surface area contributed by atoms with E-state index in [0.29, 0.717) is 0 Å².